The highest BCUT2D eigenvalue weighted by molar-refractivity contribution is 6.29. The minimum atomic E-state index is -0.336. The third-order valence-electron chi connectivity index (χ3n) is 5.02. The van der Waals surface area contributed by atoms with Gasteiger partial charge in [0.15, 0.2) is 11.4 Å². The van der Waals surface area contributed by atoms with E-state index in [4.69, 9.17) is 9.05 Å². The monoisotopic (exact) mass is 328 g/mol. The molecule has 5 rings (SSSR count). The lowest BCUT2D eigenvalue weighted by Crippen LogP contribution is -2.26. The average molecular weight is 328 g/mol. The van der Waals surface area contributed by atoms with E-state index in [1.54, 1.807) is 0 Å². The summed E-state index contributed by atoms with van der Waals surface area (Å²) < 4.78 is 10.7. The van der Waals surface area contributed by atoms with Crippen LogP contribution >= 0.6 is 0 Å². The van der Waals surface area contributed by atoms with Crippen molar-refractivity contribution in [1.29, 1.82) is 0 Å². The zero-order valence-electron chi connectivity index (χ0n) is 13.1. The molecule has 0 radical (unpaired) electrons. The van der Waals surface area contributed by atoms with Gasteiger partial charge in [0.05, 0.1) is 0 Å². The molecular weight excluding hydrogens is 312 g/mol. The fourth-order valence-electron chi connectivity index (χ4n) is 3.79. The molecule has 2 aromatic heterocycles. The summed E-state index contributed by atoms with van der Waals surface area (Å²) in [6, 6.07) is 0. The fraction of sp³-hybridized carbons (Fsp3) is 0.500. The van der Waals surface area contributed by atoms with Crippen molar-refractivity contribution in [3.63, 3.8) is 0 Å². The standard InChI is InChI=1S/C16H16N4O4/c21-13-9-11(17-23-15(9)19-5-1-2-6-19)14(22)10-12(13)18-24-16(10)20-7-3-4-8-20/h1-8H2. The summed E-state index contributed by atoms with van der Waals surface area (Å²) in [5.41, 5.74) is 0.627. The van der Waals surface area contributed by atoms with Crippen molar-refractivity contribution < 1.29 is 18.6 Å². The third-order valence-corrected chi connectivity index (χ3v) is 5.02. The predicted octanol–water partition coefficient (Wildman–Crippen LogP) is 1.64. The lowest BCUT2D eigenvalue weighted by atomic mass is 9.92. The number of carbonyl (C=O) groups is 2. The first-order valence-corrected chi connectivity index (χ1v) is 8.34. The number of rotatable bonds is 2. The van der Waals surface area contributed by atoms with Crippen LogP contribution in [0.2, 0.25) is 0 Å². The smallest absolute Gasteiger partial charge is 0.239 e. The Kier molecular flexibility index (Phi) is 2.83. The first-order valence-electron chi connectivity index (χ1n) is 8.34. The molecule has 24 heavy (non-hydrogen) atoms. The molecule has 2 aliphatic heterocycles. The van der Waals surface area contributed by atoms with Crippen molar-refractivity contribution in [3.8, 4) is 0 Å². The lowest BCUT2D eigenvalue weighted by Gasteiger charge is -2.17. The Morgan fingerprint density at radius 1 is 0.667 bits per heavy atom. The molecular formula is C16H16N4O4. The van der Waals surface area contributed by atoms with Gasteiger partial charge in [0.2, 0.25) is 23.3 Å². The summed E-state index contributed by atoms with van der Waals surface area (Å²) in [4.78, 5) is 29.7. The largest absolute Gasteiger partial charge is 0.340 e. The Hall–Kier alpha value is -2.64. The molecule has 4 heterocycles. The van der Waals surface area contributed by atoms with Gasteiger partial charge < -0.3 is 18.8 Å². The molecule has 8 heteroatoms. The van der Waals surface area contributed by atoms with Crippen LogP contribution < -0.4 is 9.80 Å². The summed E-state index contributed by atoms with van der Waals surface area (Å²) in [5.74, 6) is 0.100. The molecule has 0 amide bonds. The van der Waals surface area contributed by atoms with Crippen molar-refractivity contribution in [2.75, 3.05) is 36.0 Å². The van der Waals surface area contributed by atoms with E-state index in [2.05, 4.69) is 10.3 Å². The zero-order valence-corrected chi connectivity index (χ0v) is 13.1. The molecule has 1 aliphatic carbocycles. The van der Waals surface area contributed by atoms with Gasteiger partial charge in [0.25, 0.3) is 0 Å². The molecule has 2 fully saturated rings. The van der Waals surface area contributed by atoms with Crippen molar-refractivity contribution in [3.05, 3.63) is 22.5 Å². The van der Waals surface area contributed by atoms with Crippen LogP contribution in [0.3, 0.4) is 0 Å². The minimum absolute atomic E-state index is 0.0815. The minimum Gasteiger partial charge on any atom is -0.340 e. The van der Waals surface area contributed by atoms with E-state index in [-0.39, 0.29) is 34.1 Å². The molecule has 0 N–H and O–H groups in total. The summed E-state index contributed by atoms with van der Waals surface area (Å²) in [5, 5.41) is 7.81. The van der Waals surface area contributed by atoms with E-state index in [1.165, 1.54) is 0 Å². The first-order chi connectivity index (χ1) is 11.8. The summed E-state index contributed by atoms with van der Waals surface area (Å²) in [7, 11) is 0. The van der Waals surface area contributed by atoms with Crippen LogP contribution in [0.5, 0.6) is 0 Å². The predicted molar refractivity (Wildman–Crippen MR) is 82.8 cm³/mol. The highest BCUT2D eigenvalue weighted by Crippen LogP contribution is 2.38. The molecule has 0 unspecified atom stereocenters. The molecule has 3 aliphatic rings. The number of nitrogens with zero attached hydrogens (tertiary/aromatic N) is 4. The maximum Gasteiger partial charge on any atom is 0.239 e. The van der Waals surface area contributed by atoms with Gasteiger partial charge in [-0.25, -0.2) is 0 Å². The van der Waals surface area contributed by atoms with Crippen molar-refractivity contribution >= 4 is 23.3 Å². The molecule has 0 saturated carbocycles. The molecule has 0 bridgehead atoms. The van der Waals surface area contributed by atoms with E-state index < -0.39 is 0 Å². The van der Waals surface area contributed by atoms with Gasteiger partial charge in [-0.1, -0.05) is 10.3 Å². The Morgan fingerprint density at radius 3 is 1.42 bits per heavy atom. The van der Waals surface area contributed by atoms with Crippen molar-refractivity contribution in [1.82, 2.24) is 10.3 Å². The normalized spacial score (nSPS) is 20.0. The SMILES string of the molecule is O=C1c2noc(N3CCCC3)c2C(=O)c2noc(N3CCCC3)c21. The number of carbonyl (C=O) groups excluding carboxylic acids is 2. The molecule has 0 spiro atoms. The van der Waals surface area contributed by atoms with Gasteiger partial charge in [-0.2, -0.15) is 0 Å². The number of aromatic nitrogens is 2. The van der Waals surface area contributed by atoms with E-state index >= 15 is 0 Å². The van der Waals surface area contributed by atoms with Gasteiger partial charge >= 0.3 is 0 Å². The first kappa shape index (κ1) is 13.8. The number of hydrogen-bond acceptors (Lipinski definition) is 8. The number of hydrogen-bond donors (Lipinski definition) is 0. The molecule has 124 valence electrons. The van der Waals surface area contributed by atoms with Crippen LogP contribution in [-0.4, -0.2) is 48.1 Å². The maximum absolute atomic E-state index is 12.9. The quantitative estimate of drug-likeness (QED) is 0.701. The second-order valence-electron chi connectivity index (χ2n) is 6.47. The highest BCUT2D eigenvalue weighted by Gasteiger charge is 2.44. The van der Waals surface area contributed by atoms with E-state index in [0.29, 0.717) is 11.8 Å². The van der Waals surface area contributed by atoms with Crippen LogP contribution in [0.25, 0.3) is 0 Å². The molecule has 2 aromatic rings. The summed E-state index contributed by atoms with van der Waals surface area (Å²) in [6.45, 7) is 3.20. The van der Waals surface area contributed by atoms with E-state index in [1.807, 2.05) is 9.80 Å². The zero-order chi connectivity index (χ0) is 16.3. The Bertz CT molecular complexity index is 770. The van der Waals surface area contributed by atoms with Crippen LogP contribution in [0.15, 0.2) is 9.05 Å². The van der Waals surface area contributed by atoms with Gasteiger partial charge in [-0.15, -0.1) is 0 Å². The van der Waals surface area contributed by atoms with Gasteiger partial charge in [-0.05, 0) is 25.7 Å². The summed E-state index contributed by atoms with van der Waals surface area (Å²) in [6.07, 6.45) is 4.13. The van der Waals surface area contributed by atoms with Crippen LogP contribution in [0.1, 0.15) is 57.8 Å². The Labute approximate surface area is 137 Å². The van der Waals surface area contributed by atoms with Gasteiger partial charge in [0, 0.05) is 26.2 Å². The second kappa shape index (κ2) is 4.93. The van der Waals surface area contributed by atoms with Crippen molar-refractivity contribution in [2.45, 2.75) is 25.7 Å². The summed E-state index contributed by atoms with van der Waals surface area (Å²) >= 11 is 0. The highest BCUT2D eigenvalue weighted by atomic mass is 16.5. The number of anilines is 2. The molecule has 2 saturated heterocycles. The van der Waals surface area contributed by atoms with Crippen LogP contribution in [-0.2, 0) is 0 Å². The fourth-order valence-corrected chi connectivity index (χ4v) is 3.79. The number of fused-ring (bicyclic) bond motifs is 2. The van der Waals surface area contributed by atoms with Gasteiger partial charge in [-0.3, -0.25) is 9.59 Å². The van der Waals surface area contributed by atoms with E-state index in [0.717, 1.165) is 51.9 Å². The number of ketones is 2. The van der Waals surface area contributed by atoms with Gasteiger partial charge in [0.1, 0.15) is 11.1 Å². The lowest BCUT2D eigenvalue weighted by molar-refractivity contribution is 0.0973. The maximum atomic E-state index is 12.9. The van der Waals surface area contributed by atoms with Crippen molar-refractivity contribution in [2.24, 2.45) is 0 Å². The molecule has 0 aromatic carbocycles. The van der Waals surface area contributed by atoms with Crippen LogP contribution in [0.4, 0.5) is 11.8 Å². The Morgan fingerprint density at radius 2 is 1.04 bits per heavy atom. The molecule has 0 atom stereocenters. The second-order valence-corrected chi connectivity index (χ2v) is 6.47. The van der Waals surface area contributed by atoms with Crippen LogP contribution in [0, 0.1) is 0 Å². The van der Waals surface area contributed by atoms with E-state index in [9.17, 15) is 9.59 Å². The molecule has 8 nitrogen and oxygen atoms in total. The average Bonchev–Trinajstić information content (AvgIpc) is 3.39. The Balaban J connectivity index is 1.62. The topological polar surface area (TPSA) is 92.7 Å². The third kappa shape index (κ3) is 1.73.